The van der Waals surface area contributed by atoms with Gasteiger partial charge in [0.2, 0.25) is 11.7 Å². The van der Waals surface area contributed by atoms with Crippen LogP contribution in [0, 0.1) is 13.8 Å². The van der Waals surface area contributed by atoms with Gasteiger partial charge in [-0.15, -0.1) is 0 Å². The average Bonchev–Trinajstić information content (AvgIpc) is 2.71. The Kier molecular flexibility index (Phi) is 3.06. The highest BCUT2D eigenvalue weighted by molar-refractivity contribution is 5.96. The van der Waals surface area contributed by atoms with Gasteiger partial charge in [-0.2, -0.15) is 0 Å². The fraction of sp³-hybridized carbons (Fsp3) is 0.231. The van der Waals surface area contributed by atoms with Crippen molar-refractivity contribution < 1.29 is 9.21 Å². The van der Waals surface area contributed by atoms with Gasteiger partial charge < -0.3 is 10.2 Å². The topological polar surface area (TPSA) is 69.1 Å². The molecule has 0 atom stereocenters. The lowest BCUT2D eigenvalue weighted by atomic mass is 10.1. The first-order valence-corrected chi connectivity index (χ1v) is 5.39. The third-order valence-corrected chi connectivity index (χ3v) is 2.53. The smallest absolute Gasteiger partial charge is 0.227 e. The molecule has 0 saturated heterocycles. The van der Waals surface area contributed by atoms with Crippen LogP contribution in [-0.2, 0) is 0 Å². The predicted molar refractivity (Wildman–Crippen MR) is 64.8 cm³/mol. The van der Waals surface area contributed by atoms with Crippen LogP contribution in [0.25, 0.3) is 11.5 Å². The minimum atomic E-state index is -0.228. The lowest BCUT2D eigenvalue weighted by Gasteiger charge is -1.96. The highest BCUT2D eigenvalue weighted by Gasteiger charge is 2.16. The van der Waals surface area contributed by atoms with Crippen molar-refractivity contribution in [3.63, 3.8) is 0 Å². The van der Waals surface area contributed by atoms with Gasteiger partial charge in [0.15, 0.2) is 5.76 Å². The molecule has 2 aromatic rings. The molecule has 0 spiro atoms. The molecular weight excluding hydrogens is 216 g/mol. The lowest BCUT2D eigenvalue weighted by molar-refractivity contribution is 0.0975. The molecule has 0 saturated carbocycles. The molecule has 1 aromatic heterocycles. The highest BCUT2D eigenvalue weighted by atomic mass is 16.4. The number of aromatic nitrogens is 1. The van der Waals surface area contributed by atoms with Gasteiger partial charge in [0.1, 0.15) is 0 Å². The molecule has 4 nitrogen and oxygen atoms in total. The number of benzene rings is 1. The normalized spacial score (nSPS) is 10.5. The van der Waals surface area contributed by atoms with E-state index in [-0.39, 0.29) is 18.1 Å². The van der Waals surface area contributed by atoms with E-state index in [4.69, 9.17) is 10.2 Å². The number of hydrogen-bond donors (Lipinski definition) is 1. The van der Waals surface area contributed by atoms with Gasteiger partial charge in [0, 0.05) is 5.56 Å². The molecule has 1 aromatic carbocycles. The summed E-state index contributed by atoms with van der Waals surface area (Å²) >= 11 is 0. The minimum absolute atomic E-state index is 0.0661. The van der Waals surface area contributed by atoms with Crippen molar-refractivity contribution in [1.29, 1.82) is 0 Å². The number of rotatable bonds is 3. The second-order valence-corrected chi connectivity index (χ2v) is 3.93. The maximum Gasteiger partial charge on any atom is 0.227 e. The number of oxazole rings is 1. The van der Waals surface area contributed by atoms with E-state index in [0.29, 0.717) is 11.6 Å². The summed E-state index contributed by atoms with van der Waals surface area (Å²) < 4.78 is 5.45. The Morgan fingerprint density at radius 1 is 1.29 bits per heavy atom. The van der Waals surface area contributed by atoms with Crippen molar-refractivity contribution in [1.82, 2.24) is 4.98 Å². The van der Waals surface area contributed by atoms with Crippen LogP contribution in [-0.4, -0.2) is 17.3 Å². The molecule has 2 N–H and O–H groups in total. The average molecular weight is 230 g/mol. The van der Waals surface area contributed by atoms with Crippen molar-refractivity contribution >= 4 is 5.78 Å². The summed E-state index contributed by atoms with van der Waals surface area (Å²) in [7, 11) is 0. The quantitative estimate of drug-likeness (QED) is 0.820. The first-order chi connectivity index (χ1) is 8.11. The number of nitrogens with zero attached hydrogens (tertiary/aromatic N) is 1. The number of ketones is 1. The Labute approximate surface area is 99.5 Å². The number of carbonyl (C=O) groups excluding carboxylic acids is 1. The van der Waals surface area contributed by atoms with E-state index in [1.807, 2.05) is 31.2 Å². The summed E-state index contributed by atoms with van der Waals surface area (Å²) in [5.41, 5.74) is 7.90. The van der Waals surface area contributed by atoms with Crippen LogP contribution in [0.5, 0.6) is 0 Å². The van der Waals surface area contributed by atoms with Gasteiger partial charge in [0.05, 0.1) is 12.2 Å². The van der Waals surface area contributed by atoms with Gasteiger partial charge in [-0.05, 0) is 26.0 Å². The number of nitrogens with two attached hydrogens (primary N) is 1. The maximum atomic E-state index is 11.5. The fourth-order valence-electron chi connectivity index (χ4n) is 1.57. The van der Waals surface area contributed by atoms with E-state index >= 15 is 0 Å². The van der Waals surface area contributed by atoms with E-state index in [2.05, 4.69) is 4.98 Å². The fourth-order valence-corrected chi connectivity index (χ4v) is 1.57. The summed E-state index contributed by atoms with van der Waals surface area (Å²) in [5.74, 6) is 0.482. The van der Waals surface area contributed by atoms with E-state index in [1.165, 1.54) is 0 Å². The van der Waals surface area contributed by atoms with E-state index in [0.717, 1.165) is 11.1 Å². The molecular formula is C13H14N2O2. The molecule has 0 aliphatic carbocycles. The zero-order chi connectivity index (χ0) is 12.4. The Balaban J connectivity index is 2.41. The van der Waals surface area contributed by atoms with Gasteiger partial charge in [-0.1, -0.05) is 17.7 Å². The second kappa shape index (κ2) is 4.51. The van der Waals surface area contributed by atoms with Crippen molar-refractivity contribution in [3.8, 4) is 11.5 Å². The number of hydrogen-bond acceptors (Lipinski definition) is 4. The second-order valence-electron chi connectivity index (χ2n) is 3.93. The van der Waals surface area contributed by atoms with Gasteiger partial charge >= 0.3 is 0 Å². The van der Waals surface area contributed by atoms with Crippen molar-refractivity contribution in [2.75, 3.05) is 6.54 Å². The third kappa shape index (κ3) is 2.26. The zero-order valence-corrected chi connectivity index (χ0v) is 9.86. The van der Waals surface area contributed by atoms with Crippen LogP contribution < -0.4 is 5.73 Å². The predicted octanol–water partition coefficient (Wildman–Crippen LogP) is 2.10. The van der Waals surface area contributed by atoms with Crippen molar-refractivity contribution in [2.45, 2.75) is 13.8 Å². The third-order valence-electron chi connectivity index (χ3n) is 2.53. The van der Waals surface area contributed by atoms with Crippen LogP contribution >= 0.6 is 0 Å². The summed E-state index contributed by atoms with van der Waals surface area (Å²) in [5, 5.41) is 0. The molecule has 0 aliphatic heterocycles. The lowest BCUT2D eigenvalue weighted by Crippen LogP contribution is -2.13. The monoisotopic (exact) mass is 230 g/mol. The maximum absolute atomic E-state index is 11.5. The highest BCUT2D eigenvalue weighted by Crippen LogP contribution is 2.22. The summed E-state index contributed by atoms with van der Waals surface area (Å²) in [6, 6.07) is 7.77. The largest absolute Gasteiger partial charge is 0.433 e. The molecule has 17 heavy (non-hydrogen) atoms. The summed E-state index contributed by atoms with van der Waals surface area (Å²) in [6.07, 6.45) is 0. The molecule has 1 heterocycles. The van der Waals surface area contributed by atoms with Gasteiger partial charge in [0.25, 0.3) is 0 Å². The molecule has 0 radical (unpaired) electrons. The van der Waals surface area contributed by atoms with E-state index < -0.39 is 0 Å². The molecule has 88 valence electrons. The standard InChI is InChI=1S/C13H14N2O2/c1-8-3-5-10(6-4-8)13-15-9(2)12(17-13)11(16)7-14/h3-6H,7,14H2,1-2H3. The Morgan fingerprint density at radius 3 is 2.53 bits per heavy atom. The van der Waals surface area contributed by atoms with Gasteiger partial charge in [-0.25, -0.2) is 4.98 Å². The Morgan fingerprint density at radius 2 is 1.94 bits per heavy atom. The summed E-state index contributed by atoms with van der Waals surface area (Å²) in [6.45, 7) is 3.68. The number of carbonyl (C=O) groups is 1. The first-order valence-electron chi connectivity index (χ1n) is 5.39. The Bertz CT molecular complexity index is 541. The molecule has 0 bridgehead atoms. The van der Waals surface area contributed by atoms with Crippen LogP contribution in [0.3, 0.4) is 0 Å². The number of aryl methyl sites for hydroxylation is 2. The van der Waals surface area contributed by atoms with Crippen molar-refractivity contribution in [2.24, 2.45) is 5.73 Å². The summed E-state index contributed by atoms with van der Waals surface area (Å²) in [4.78, 5) is 15.7. The molecule has 0 aliphatic rings. The van der Waals surface area contributed by atoms with Crippen LogP contribution in [0.1, 0.15) is 21.8 Å². The molecule has 4 heteroatoms. The van der Waals surface area contributed by atoms with Gasteiger partial charge in [-0.3, -0.25) is 4.79 Å². The Hall–Kier alpha value is -1.94. The van der Waals surface area contributed by atoms with E-state index in [1.54, 1.807) is 6.92 Å². The van der Waals surface area contributed by atoms with Crippen molar-refractivity contribution in [3.05, 3.63) is 41.3 Å². The molecule has 0 unspecified atom stereocenters. The van der Waals surface area contributed by atoms with E-state index in [9.17, 15) is 4.79 Å². The first kappa shape index (κ1) is 11.5. The van der Waals surface area contributed by atoms with Crippen LogP contribution in [0.15, 0.2) is 28.7 Å². The van der Waals surface area contributed by atoms with Crippen LogP contribution in [0.4, 0.5) is 0 Å². The zero-order valence-electron chi connectivity index (χ0n) is 9.86. The molecule has 2 rings (SSSR count). The van der Waals surface area contributed by atoms with Crippen LogP contribution in [0.2, 0.25) is 0 Å². The molecule has 0 fully saturated rings. The molecule has 0 amide bonds. The SMILES string of the molecule is Cc1ccc(-c2nc(C)c(C(=O)CN)o2)cc1. The minimum Gasteiger partial charge on any atom is -0.433 e. The number of Topliss-reactive ketones (excluding diaryl/α,β-unsaturated/α-hetero) is 1.